The zero-order valence-electron chi connectivity index (χ0n) is 9.65. The molecule has 0 aliphatic carbocycles. The van der Waals surface area contributed by atoms with Gasteiger partial charge in [-0.1, -0.05) is 23.2 Å². The summed E-state index contributed by atoms with van der Waals surface area (Å²) >= 11 is 11.8. The number of rotatable bonds is 2. The highest BCUT2D eigenvalue weighted by Gasteiger charge is 2.08. The Labute approximate surface area is 119 Å². The molecule has 0 bridgehead atoms. The summed E-state index contributed by atoms with van der Waals surface area (Å²) in [6.07, 6.45) is 2.97. The molecule has 0 aliphatic rings. The third kappa shape index (κ3) is 3.49. The Balaban J connectivity index is 2.10. The number of carbonyl (C=O) groups excluding carboxylic acids is 1. The molecule has 7 heteroatoms. The van der Waals surface area contributed by atoms with Gasteiger partial charge in [0, 0.05) is 11.2 Å². The zero-order valence-corrected chi connectivity index (χ0v) is 11.2. The SMILES string of the molecule is Nc1cnccc1NC(=O)Nc1cc(Cl)ccc1Cl. The number of nitrogens with two attached hydrogens (primary N) is 1. The normalized spacial score (nSPS) is 10.0. The minimum absolute atomic E-state index is 0.370. The average Bonchev–Trinajstić information content (AvgIpc) is 2.37. The lowest BCUT2D eigenvalue weighted by molar-refractivity contribution is 0.262. The molecule has 1 aromatic carbocycles. The van der Waals surface area contributed by atoms with Crippen molar-refractivity contribution in [3.8, 4) is 0 Å². The second-order valence-corrected chi connectivity index (χ2v) is 4.51. The van der Waals surface area contributed by atoms with Crippen molar-refractivity contribution in [2.75, 3.05) is 16.4 Å². The summed E-state index contributed by atoms with van der Waals surface area (Å²) in [5.74, 6) is 0. The quantitative estimate of drug-likeness (QED) is 0.792. The third-order valence-corrected chi connectivity index (χ3v) is 2.84. The molecule has 1 heterocycles. The predicted octanol–water partition coefficient (Wildman–Crippen LogP) is 3.61. The highest BCUT2D eigenvalue weighted by Crippen LogP contribution is 2.25. The number of anilines is 3. The van der Waals surface area contributed by atoms with Crippen molar-refractivity contribution in [2.45, 2.75) is 0 Å². The second-order valence-electron chi connectivity index (χ2n) is 3.67. The summed E-state index contributed by atoms with van der Waals surface area (Å²) in [6.45, 7) is 0. The van der Waals surface area contributed by atoms with E-state index >= 15 is 0 Å². The maximum absolute atomic E-state index is 11.8. The van der Waals surface area contributed by atoms with Crippen LogP contribution in [-0.4, -0.2) is 11.0 Å². The van der Waals surface area contributed by atoms with E-state index in [-0.39, 0.29) is 0 Å². The van der Waals surface area contributed by atoms with Crippen LogP contribution in [0.4, 0.5) is 21.9 Å². The number of nitrogens with one attached hydrogen (secondary N) is 2. The Morgan fingerprint density at radius 1 is 1.16 bits per heavy atom. The largest absolute Gasteiger partial charge is 0.396 e. The van der Waals surface area contributed by atoms with Crippen molar-refractivity contribution >= 4 is 46.3 Å². The van der Waals surface area contributed by atoms with Gasteiger partial charge in [0.25, 0.3) is 0 Å². The fraction of sp³-hybridized carbons (Fsp3) is 0. The predicted molar refractivity (Wildman–Crippen MR) is 77.8 cm³/mol. The number of nitrogen functional groups attached to an aromatic ring is 1. The van der Waals surface area contributed by atoms with Gasteiger partial charge in [-0.15, -0.1) is 0 Å². The maximum Gasteiger partial charge on any atom is 0.323 e. The van der Waals surface area contributed by atoms with Crippen molar-refractivity contribution in [1.82, 2.24) is 4.98 Å². The molecule has 19 heavy (non-hydrogen) atoms. The fourth-order valence-corrected chi connectivity index (χ4v) is 1.73. The highest BCUT2D eigenvalue weighted by atomic mass is 35.5. The molecule has 0 aliphatic heterocycles. The van der Waals surface area contributed by atoms with E-state index in [9.17, 15) is 4.79 Å². The number of aromatic nitrogens is 1. The summed E-state index contributed by atoms with van der Waals surface area (Å²) in [6, 6.07) is 5.91. The van der Waals surface area contributed by atoms with Crippen LogP contribution in [0, 0.1) is 0 Å². The molecule has 5 nitrogen and oxygen atoms in total. The highest BCUT2D eigenvalue weighted by molar-refractivity contribution is 6.35. The van der Waals surface area contributed by atoms with Gasteiger partial charge in [0.05, 0.1) is 28.3 Å². The van der Waals surface area contributed by atoms with Crippen LogP contribution < -0.4 is 16.4 Å². The molecule has 0 unspecified atom stereocenters. The number of hydrogen-bond donors (Lipinski definition) is 3. The Morgan fingerprint density at radius 3 is 2.63 bits per heavy atom. The first-order valence-corrected chi connectivity index (χ1v) is 6.04. The molecule has 0 spiro atoms. The van der Waals surface area contributed by atoms with Gasteiger partial charge in [0.15, 0.2) is 0 Å². The standard InChI is InChI=1S/C12H10Cl2N4O/c13-7-1-2-8(14)11(5-7)18-12(19)17-10-3-4-16-6-9(10)15/h1-6H,15H2,(H2,16,17,18,19). The number of halogens is 2. The van der Waals surface area contributed by atoms with Crippen LogP contribution in [0.2, 0.25) is 10.0 Å². The molecule has 4 N–H and O–H groups in total. The first kappa shape index (κ1) is 13.5. The van der Waals surface area contributed by atoms with E-state index in [1.54, 1.807) is 24.3 Å². The van der Waals surface area contributed by atoms with Crippen LogP contribution in [0.25, 0.3) is 0 Å². The van der Waals surface area contributed by atoms with E-state index in [0.29, 0.717) is 27.1 Å². The topological polar surface area (TPSA) is 80.0 Å². The molecule has 1 aromatic heterocycles. The molecule has 0 fully saturated rings. The minimum Gasteiger partial charge on any atom is -0.396 e. The molecule has 0 atom stereocenters. The van der Waals surface area contributed by atoms with E-state index in [2.05, 4.69) is 15.6 Å². The summed E-state index contributed by atoms with van der Waals surface area (Å²) < 4.78 is 0. The van der Waals surface area contributed by atoms with E-state index in [1.807, 2.05) is 0 Å². The van der Waals surface area contributed by atoms with Crippen molar-refractivity contribution in [3.05, 3.63) is 46.7 Å². The molecule has 0 saturated heterocycles. The zero-order chi connectivity index (χ0) is 13.8. The number of pyridine rings is 1. The van der Waals surface area contributed by atoms with Gasteiger partial charge in [-0.05, 0) is 24.3 Å². The van der Waals surface area contributed by atoms with E-state index in [4.69, 9.17) is 28.9 Å². The first-order chi connectivity index (χ1) is 9.06. The Morgan fingerprint density at radius 2 is 1.89 bits per heavy atom. The van der Waals surface area contributed by atoms with Gasteiger partial charge in [-0.3, -0.25) is 4.98 Å². The molecular formula is C12H10Cl2N4O. The lowest BCUT2D eigenvalue weighted by atomic mass is 10.3. The van der Waals surface area contributed by atoms with E-state index in [0.717, 1.165) is 0 Å². The lowest BCUT2D eigenvalue weighted by Crippen LogP contribution is -2.20. The smallest absolute Gasteiger partial charge is 0.323 e. The van der Waals surface area contributed by atoms with Gasteiger partial charge in [0.2, 0.25) is 0 Å². The van der Waals surface area contributed by atoms with E-state index in [1.165, 1.54) is 12.4 Å². The van der Waals surface area contributed by atoms with Crippen molar-refractivity contribution in [2.24, 2.45) is 0 Å². The van der Waals surface area contributed by atoms with Gasteiger partial charge in [-0.2, -0.15) is 0 Å². The Bertz CT molecular complexity index is 618. The van der Waals surface area contributed by atoms with Crippen LogP contribution in [0.15, 0.2) is 36.7 Å². The Hall–Kier alpha value is -1.98. The molecule has 0 radical (unpaired) electrons. The van der Waals surface area contributed by atoms with Gasteiger partial charge < -0.3 is 16.4 Å². The summed E-state index contributed by atoms with van der Waals surface area (Å²) in [7, 11) is 0. The van der Waals surface area contributed by atoms with Crippen LogP contribution in [0.3, 0.4) is 0 Å². The van der Waals surface area contributed by atoms with E-state index < -0.39 is 6.03 Å². The molecule has 98 valence electrons. The molecule has 2 amide bonds. The molecule has 0 saturated carbocycles. The van der Waals surface area contributed by atoms with Crippen LogP contribution >= 0.6 is 23.2 Å². The van der Waals surface area contributed by atoms with Gasteiger partial charge >= 0.3 is 6.03 Å². The number of nitrogens with zero attached hydrogens (tertiary/aromatic N) is 1. The summed E-state index contributed by atoms with van der Waals surface area (Å²) in [5.41, 5.74) is 6.91. The van der Waals surface area contributed by atoms with Crippen LogP contribution in [-0.2, 0) is 0 Å². The average molecular weight is 297 g/mol. The lowest BCUT2D eigenvalue weighted by Gasteiger charge is -2.10. The number of benzene rings is 1. The fourth-order valence-electron chi connectivity index (χ4n) is 1.39. The number of urea groups is 1. The van der Waals surface area contributed by atoms with Crippen molar-refractivity contribution < 1.29 is 4.79 Å². The first-order valence-electron chi connectivity index (χ1n) is 5.29. The van der Waals surface area contributed by atoms with Crippen LogP contribution in [0.1, 0.15) is 0 Å². The number of hydrogen-bond acceptors (Lipinski definition) is 3. The van der Waals surface area contributed by atoms with Gasteiger partial charge in [-0.25, -0.2) is 4.79 Å². The number of amides is 2. The summed E-state index contributed by atoms with van der Waals surface area (Å²) in [5, 5.41) is 6.04. The van der Waals surface area contributed by atoms with Crippen molar-refractivity contribution in [3.63, 3.8) is 0 Å². The minimum atomic E-state index is -0.470. The van der Waals surface area contributed by atoms with Crippen molar-refractivity contribution in [1.29, 1.82) is 0 Å². The Kier molecular flexibility index (Phi) is 4.09. The molecule has 2 aromatic rings. The second kappa shape index (κ2) is 5.77. The molecule has 2 rings (SSSR count). The molecular weight excluding hydrogens is 287 g/mol. The van der Waals surface area contributed by atoms with Crippen LogP contribution in [0.5, 0.6) is 0 Å². The van der Waals surface area contributed by atoms with Gasteiger partial charge in [0.1, 0.15) is 0 Å². The number of carbonyl (C=O) groups is 1. The summed E-state index contributed by atoms with van der Waals surface area (Å²) in [4.78, 5) is 15.6. The maximum atomic E-state index is 11.8. The third-order valence-electron chi connectivity index (χ3n) is 2.28. The monoisotopic (exact) mass is 296 g/mol.